The summed E-state index contributed by atoms with van der Waals surface area (Å²) in [5.74, 6) is 3.14. The van der Waals surface area contributed by atoms with Crippen molar-refractivity contribution in [3.63, 3.8) is 0 Å². The number of rotatable bonds is 7. The fraction of sp³-hybridized carbons (Fsp3) is 0.500. The van der Waals surface area contributed by atoms with Crippen LogP contribution in [0.25, 0.3) is 0 Å². The molecule has 2 heterocycles. The first-order valence-corrected chi connectivity index (χ1v) is 9.31. The van der Waals surface area contributed by atoms with Gasteiger partial charge in [-0.1, -0.05) is 12.1 Å². The Hall–Kier alpha value is -1.46. The molecule has 0 bridgehead atoms. The Morgan fingerprint density at radius 3 is 2.87 bits per heavy atom. The Morgan fingerprint density at radius 1 is 1.39 bits per heavy atom. The zero-order valence-corrected chi connectivity index (χ0v) is 14.7. The predicted octanol–water partition coefficient (Wildman–Crippen LogP) is 3.55. The van der Waals surface area contributed by atoms with Gasteiger partial charge in [-0.25, -0.2) is 4.98 Å². The summed E-state index contributed by atoms with van der Waals surface area (Å²) in [6, 6.07) is 8.75. The lowest BCUT2D eigenvalue weighted by Gasteiger charge is -2.17. The van der Waals surface area contributed by atoms with Gasteiger partial charge in [-0.2, -0.15) is 11.8 Å². The highest BCUT2D eigenvalue weighted by molar-refractivity contribution is 8.00. The first-order valence-electron chi connectivity index (χ1n) is 8.26. The van der Waals surface area contributed by atoms with Crippen molar-refractivity contribution < 1.29 is 4.74 Å². The van der Waals surface area contributed by atoms with E-state index in [9.17, 15) is 0 Å². The van der Waals surface area contributed by atoms with Crippen LogP contribution in [0.2, 0.25) is 0 Å². The van der Waals surface area contributed by atoms with Crippen LogP contribution in [0.4, 0.5) is 0 Å². The summed E-state index contributed by atoms with van der Waals surface area (Å²) in [5.41, 5.74) is 1.30. The average molecular weight is 331 g/mol. The van der Waals surface area contributed by atoms with Crippen molar-refractivity contribution in [2.75, 3.05) is 12.3 Å². The van der Waals surface area contributed by atoms with Gasteiger partial charge >= 0.3 is 0 Å². The van der Waals surface area contributed by atoms with Gasteiger partial charge in [0.1, 0.15) is 18.2 Å². The summed E-state index contributed by atoms with van der Waals surface area (Å²) in [4.78, 5) is 4.26. The molecular formula is C18H25N3OS. The molecule has 3 rings (SSSR count). The van der Waals surface area contributed by atoms with Crippen LogP contribution in [-0.4, -0.2) is 27.1 Å². The molecule has 5 heteroatoms. The van der Waals surface area contributed by atoms with Crippen molar-refractivity contribution in [2.45, 2.75) is 37.7 Å². The highest BCUT2D eigenvalue weighted by atomic mass is 32.2. The number of hydrogen-bond donors (Lipinski definition) is 1. The van der Waals surface area contributed by atoms with E-state index in [-0.39, 0.29) is 0 Å². The maximum atomic E-state index is 5.80. The zero-order chi connectivity index (χ0) is 16.1. The second kappa shape index (κ2) is 7.88. The summed E-state index contributed by atoms with van der Waals surface area (Å²) in [5, 5.41) is 4.44. The van der Waals surface area contributed by atoms with Crippen LogP contribution in [0.15, 0.2) is 36.7 Å². The summed E-state index contributed by atoms with van der Waals surface area (Å²) in [7, 11) is 1.98. The molecule has 4 nitrogen and oxygen atoms in total. The van der Waals surface area contributed by atoms with Gasteiger partial charge in [-0.15, -0.1) is 0 Å². The second-order valence-electron chi connectivity index (χ2n) is 6.08. The monoisotopic (exact) mass is 331 g/mol. The fourth-order valence-corrected chi connectivity index (χ4v) is 3.98. The SMILES string of the molecule is C[C@H](NC[C@H]1CCCS1)c1ccc(OCc2nccn2C)cc1. The molecule has 2 aromatic rings. The maximum absolute atomic E-state index is 5.80. The number of thioether (sulfide) groups is 1. The van der Waals surface area contributed by atoms with E-state index in [0.717, 1.165) is 23.4 Å². The number of hydrogen-bond acceptors (Lipinski definition) is 4. The highest BCUT2D eigenvalue weighted by Gasteiger charge is 2.16. The zero-order valence-electron chi connectivity index (χ0n) is 13.9. The Bertz CT molecular complexity index is 605. The molecule has 1 aliphatic heterocycles. The Morgan fingerprint density at radius 2 is 2.22 bits per heavy atom. The van der Waals surface area contributed by atoms with Crippen molar-refractivity contribution in [3.8, 4) is 5.75 Å². The molecule has 23 heavy (non-hydrogen) atoms. The normalized spacial score (nSPS) is 19.0. The van der Waals surface area contributed by atoms with E-state index in [1.165, 1.54) is 24.2 Å². The number of nitrogens with zero attached hydrogens (tertiary/aromatic N) is 2. The summed E-state index contributed by atoms with van der Waals surface area (Å²) in [6.07, 6.45) is 6.44. The molecule has 0 aliphatic carbocycles. The molecule has 1 aromatic carbocycles. The van der Waals surface area contributed by atoms with Gasteiger partial charge in [0.05, 0.1) is 0 Å². The second-order valence-corrected chi connectivity index (χ2v) is 7.49. The number of nitrogens with one attached hydrogen (secondary N) is 1. The van der Waals surface area contributed by atoms with E-state index >= 15 is 0 Å². The van der Waals surface area contributed by atoms with Gasteiger partial charge in [0.25, 0.3) is 0 Å². The number of aromatic nitrogens is 2. The third-order valence-electron chi connectivity index (χ3n) is 4.34. The first-order chi connectivity index (χ1) is 11.2. The highest BCUT2D eigenvalue weighted by Crippen LogP contribution is 2.26. The molecule has 0 unspecified atom stereocenters. The van der Waals surface area contributed by atoms with E-state index in [4.69, 9.17) is 4.74 Å². The van der Waals surface area contributed by atoms with Gasteiger partial charge in [-0.3, -0.25) is 0 Å². The molecule has 1 N–H and O–H groups in total. The van der Waals surface area contributed by atoms with Gasteiger partial charge in [0.2, 0.25) is 0 Å². The maximum Gasteiger partial charge on any atom is 0.146 e. The minimum absolute atomic E-state index is 0.375. The molecule has 0 amide bonds. The van der Waals surface area contributed by atoms with Crippen molar-refractivity contribution in [1.82, 2.24) is 14.9 Å². The standard InChI is InChI=1S/C18H25N3OS/c1-14(20-12-17-4-3-11-23-17)15-5-7-16(8-6-15)22-13-18-19-9-10-21(18)2/h5-10,14,17,20H,3-4,11-13H2,1-2H3/t14-,17+/m0/s1. The third-order valence-corrected chi connectivity index (χ3v) is 5.74. The van der Waals surface area contributed by atoms with Crippen LogP contribution < -0.4 is 10.1 Å². The minimum atomic E-state index is 0.375. The molecule has 0 radical (unpaired) electrons. The van der Waals surface area contributed by atoms with Crippen LogP contribution in [0.5, 0.6) is 5.75 Å². The molecule has 1 saturated heterocycles. The smallest absolute Gasteiger partial charge is 0.146 e. The predicted molar refractivity (Wildman–Crippen MR) is 95.9 cm³/mol. The van der Waals surface area contributed by atoms with Crippen LogP contribution in [0.3, 0.4) is 0 Å². The van der Waals surface area contributed by atoms with E-state index in [1.54, 1.807) is 6.20 Å². The lowest BCUT2D eigenvalue weighted by Crippen LogP contribution is -2.26. The molecule has 0 saturated carbocycles. The number of imidazole rings is 1. The first kappa shape index (κ1) is 16.4. The molecule has 0 spiro atoms. The summed E-state index contributed by atoms with van der Waals surface area (Å²) < 4.78 is 7.77. The van der Waals surface area contributed by atoms with E-state index in [0.29, 0.717) is 12.6 Å². The Balaban J connectivity index is 1.48. The van der Waals surface area contributed by atoms with Crippen LogP contribution >= 0.6 is 11.8 Å². The number of benzene rings is 1. The minimum Gasteiger partial charge on any atom is -0.486 e. The summed E-state index contributed by atoms with van der Waals surface area (Å²) in [6.45, 7) is 3.82. The quantitative estimate of drug-likeness (QED) is 0.842. The van der Waals surface area contributed by atoms with Gasteiger partial charge in [0, 0.05) is 37.3 Å². The van der Waals surface area contributed by atoms with Crippen molar-refractivity contribution in [2.24, 2.45) is 7.05 Å². The molecule has 1 aliphatic rings. The van der Waals surface area contributed by atoms with Gasteiger partial charge in [0.15, 0.2) is 0 Å². The van der Waals surface area contributed by atoms with E-state index < -0.39 is 0 Å². The fourth-order valence-electron chi connectivity index (χ4n) is 2.77. The Kier molecular flexibility index (Phi) is 5.62. The van der Waals surface area contributed by atoms with E-state index in [1.807, 2.05) is 29.9 Å². The van der Waals surface area contributed by atoms with Crippen molar-refractivity contribution >= 4 is 11.8 Å². The van der Waals surface area contributed by atoms with Gasteiger partial charge < -0.3 is 14.6 Å². The van der Waals surface area contributed by atoms with Crippen molar-refractivity contribution in [3.05, 3.63) is 48.0 Å². The average Bonchev–Trinajstić information content (AvgIpc) is 3.23. The molecule has 2 atom stereocenters. The summed E-state index contributed by atoms with van der Waals surface area (Å²) >= 11 is 2.10. The largest absolute Gasteiger partial charge is 0.486 e. The topological polar surface area (TPSA) is 39.1 Å². The van der Waals surface area contributed by atoms with Crippen LogP contribution in [0.1, 0.15) is 37.2 Å². The number of ether oxygens (including phenoxy) is 1. The van der Waals surface area contributed by atoms with E-state index in [2.05, 4.69) is 41.1 Å². The van der Waals surface area contributed by atoms with Crippen molar-refractivity contribution in [1.29, 1.82) is 0 Å². The molecule has 1 aromatic heterocycles. The molecule has 1 fully saturated rings. The van der Waals surface area contributed by atoms with Crippen LogP contribution in [0, 0.1) is 0 Å². The van der Waals surface area contributed by atoms with Crippen LogP contribution in [-0.2, 0) is 13.7 Å². The number of aryl methyl sites for hydroxylation is 1. The lowest BCUT2D eigenvalue weighted by molar-refractivity contribution is 0.291. The Labute approximate surface area is 142 Å². The third kappa shape index (κ3) is 4.52. The lowest BCUT2D eigenvalue weighted by atomic mass is 10.1. The molecular weight excluding hydrogens is 306 g/mol. The van der Waals surface area contributed by atoms with Gasteiger partial charge in [-0.05, 0) is 43.2 Å². The molecule has 124 valence electrons.